The lowest BCUT2D eigenvalue weighted by Crippen LogP contribution is -2.15. The minimum atomic E-state index is -2.96. The molecule has 0 aliphatic rings. The number of benzene rings is 1. The Morgan fingerprint density at radius 1 is 1.17 bits per heavy atom. The summed E-state index contributed by atoms with van der Waals surface area (Å²) in [6.07, 6.45) is 1.14. The normalized spacial score (nSPS) is 13.5. The molecule has 1 N–H and O–H groups in total. The first kappa shape index (κ1) is 15.2. The average molecular weight is 270 g/mol. The van der Waals surface area contributed by atoms with Crippen molar-refractivity contribution >= 4 is 9.84 Å². The third-order valence-electron chi connectivity index (χ3n) is 3.06. The van der Waals surface area contributed by atoms with E-state index in [4.69, 9.17) is 0 Å². The predicted molar refractivity (Wildman–Crippen MR) is 74.6 cm³/mol. The second-order valence-electron chi connectivity index (χ2n) is 4.73. The zero-order valence-electron chi connectivity index (χ0n) is 11.1. The van der Waals surface area contributed by atoms with Crippen LogP contribution in [0.15, 0.2) is 24.3 Å². The largest absolute Gasteiger partial charge is 0.396 e. The molecule has 0 fully saturated rings. The molecule has 0 spiro atoms. The lowest BCUT2D eigenvalue weighted by molar-refractivity contribution is 0.262. The standard InChI is InChI=1S/C14H22O3S/c1-3-9-18(16,17)10-8-14(11-15)13-6-4-12(2)5-7-13/h4-7,14-15H,3,8-11H2,1-2H3. The molecule has 0 aliphatic carbocycles. The summed E-state index contributed by atoms with van der Waals surface area (Å²) in [5, 5.41) is 9.38. The van der Waals surface area contributed by atoms with Crippen LogP contribution >= 0.6 is 0 Å². The van der Waals surface area contributed by atoms with Gasteiger partial charge in [-0.05, 0) is 25.3 Å². The smallest absolute Gasteiger partial charge is 0.150 e. The molecular weight excluding hydrogens is 248 g/mol. The first-order chi connectivity index (χ1) is 8.48. The average Bonchev–Trinajstić information content (AvgIpc) is 2.32. The Bertz CT molecular complexity index is 448. The van der Waals surface area contributed by atoms with Gasteiger partial charge in [0.2, 0.25) is 0 Å². The van der Waals surface area contributed by atoms with Crippen LogP contribution in [0.1, 0.15) is 36.8 Å². The molecule has 0 saturated carbocycles. The summed E-state index contributed by atoms with van der Waals surface area (Å²) in [7, 11) is -2.96. The van der Waals surface area contributed by atoms with Gasteiger partial charge in [0, 0.05) is 18.3 Å². The number of aliphatic hydroxyl groups is 1. The predicted octanol–water partition coefficient (Wildman–Crippen LogP) is 2.29. The van der Waals surface area contributed by atoms with Gasteiger partial charge >= 0.3 is 0 Å². The minimum absolute atomic E-state index is 0.00922. The Morgan fingerprint density at radius 2 is 1.78 bits per heavy atom. The van der Waals surface area contributed by atoms with Crippen LogP contribution in [-0.4, -0.2) is 31.6 Å². The van der Waals surface area contributed by atoms with E-state index < -0.39 is 9.84 Å². The monoisotopic (exact) mass is 270 g/mol. The first-order valence-corrected chi connectivity index (χ1v) is 8.18. The second-order valence-corrected chi connectivity index (χ2v) is 7.03. The Balaban J connectivity index is 2.65. The molecule has 0 aliphatic heterocycles. The molecule has 0 radical (unpaired) electrons. The van der Waals surface area contributed by atoms with Gasteiger partial charge in [0.25, 0.3) is 0 Å². The topological polar surface area (TPSA) is 54.4 Å². The summed E-state index contributed by atoms with van der Waals surface area (Å²) in [5.74, 6) is 0.302. The number of rotatable bonds is 7. The van der Waals surface area contributed by atoms with E-state index in [-0.39, 0.29) is 24.0 Å². The van der Waals surface area contributed by atoms with Crippen molar-refractivity contribution in [3.63, 3.8) is 0 Å². The van der Waals surface area contributed by atoms with Crippen LogP contribution in [0, 0.1) is 6.92 Å². The molecule has 102 valence electrons. The SMILES string of the molecule is CCCS(=O)(=O)CCC(CO)c1ccc(C)cc1. The molecule has 0 amide bonds. The summed E-state index contributed by atoms with van der Waals surface area (Å²) in [6, 6.07) is 7.89. The van der Waals surface area contributed by atoms with Crippen molar-refractivity contribution in [2.45, 2.75) is 32.6 Å². The van der Waals surface area contributed by atoms with Crippen molar-refractivity contribution in [3.05, 3.63) is 35.4 Å². The molecule has 1 unspecified atom stereocenters. The summed E-state index contributed by atoms with van der Waals surface area (Å²) in [5.41, 5.74) is 2.17. The fourth-order valence-electron chi connectivity index (χ4n) is 1.94. The third-order valence-corrected chi connectivity index (χ3v) is 4.95. The van der Waals surface area contributed by atoms with Gasteiger partial charge in [0.1, 0.15) is 9.84 Å². The van der Waals surface area contributed by atoms with E-state index in [0.717, 1.165) is 11.1 Å². The molecule has 3 nitrogen and oxygen atoms in total. The van der Waals surface area contributed by atoms with Gasteiger partial charge in [0.05, 0.1) is 5.75 Å². The van der Waals surface area contributed by atoms with Crippen LogP contribution in [-0.2, 0) is 9.84 Å². The van der Waals surface area contributed by atoms with Crippen molar-refractivity contribution in [2.75, 3.05) is 18.1 Å². The Morgan fingerprint density at radius 3 is 2.28 bits per heavy atom. The molecule has 1 rings (SSSR count). The zero-order valence-corrected chi connectivity index (χ0v) is 11.9. The maximum atomic E-state index is 11.7. The van der Waals surface area contributed by atoms with Crippen molar-refractivity contribution in [3.8, 4) is 0 Å². The van der Waals surface area contributed by atoms with Crippen molar-refractivity contribution in [1.82, 2.24) is 0 Å². The number of hydrogen-bond acceptors (Lipinski definition) is 3. The van der Waals surface area contributed by atoms with Crippen LogP contribution in [0.4, 0.5) is 0 Å². The lowest BCUT2D eigenvalue weighted by atomic mass is 9.97. The quantitative estimate of drug-likeness (QED) is 0.827. The Hall–Kier alpha value is -0.870. The van der Waals surface area contributed by atoms with Gasteiger partial charge in [-0.1, -0.05) is 36.8 Å². The highest BCUT2D eigenvalue weighted by Crippen LogP contribution is 2.20. The number of aliphatic hydroxyl groups excluding tert-OH is 1. The van der Waals surface area contributed by atoms with Crippen molar-refractivity contribution in [1.29, 1.82) is 0 Å². The summed E-state index contributed by atoms with van der Waals surface area (Å²) in [6.45, 7) is 3.86. The Kier molecular flexibility index (Phi) is 5.82. The third kappa shape index (κ3) is 4.78. The van der Waals surface area contributed by atoms with Gasteiger partial charge in [-0.3, -0.25) is 0 Å². The minimum Gasteiger partial charge on any atom is -0.396 e. The maximum Gasteiger partial charge on any atom is 0.150 e. The van der Waals surface area contributed by atoms with Gasteiger partial charge in [0.15, 0.2) is 0 Å². The zero-order chi connectivity index (χ0) is 13.6. The van der Waals surface area contributed by atoms with E-state index in [1.54, 1.807) is 0 Å². The van der Waals surface area contributed by atoms with Crippen LogP contribution < -0.4 is 0 Å². The summed E-state index contributed by atoms with van der Waals surface area (Å²) < 4.78 is 23.3. The molecule has 18 heavy (non-hydrogen) atoms. The molecule has 0 heterocycles. The van der Waals surface area contributed by atoms with Crippen LogP contribution in [0.3, 0.4) is 0 Å². The fourth-order valence-corrected chi connectivity index (χ4v) is 3.41. The van der Waals surface area contributed by atoms with Crippen LogP contribution in [0.25, 0.3) is 0 Å². The number of sulfone groups is 1. The maximum absolute atomic E-state index is 11.7. The molecule has 0 bridgehead atoms. The van der Waals surface area contributed by atoms with E-state index in [1.807, 2.05) is 38.1 Å². The van der Waals surface area contributed by atoms with Gasteiger partial charge in [-0.2, -0.15) is 0 Å². The fraction of sp³-hybridized carbons (Fsp3) is 0.571. The number of hydrogen-bond donors (Lipinski definition) is 1. The number of aryl methyl sites for hydroxylation is 1. The van der Waals surface area contributed by atoms with E-state index in [0.29, 0.717) is 12.8 Å². The molecule has 1 aromatic rings. The second kappa shape index (κ2) is 6.90. The molecule has 0 aromatic heterocycles. The van der Waals surface area contributed by atoms with E-state index >= 15 is 0 Å². The van der Waals surface area contributed by atoms with E-state index in [2.05, 4.69) is 0 Å². The van der Waals surface area contributed by atoms with Crippen LogP contribution in [0.5, 0.6) is 0 Å². The van der Waals surface area contributed by atoms with E-state index in [1.165, 1.54) is 0 Å². The molecular formula is C14H22O3S. The first-order valence-electron chi connectivity index (χ1n) is 6.36. The van der Waals surface area contributed by atoms with Crippen molar-refractivity contribution < 1.29 is 13.5 Å². The van der Waals surface area contributed by atoms with Crippen LogP contribution in [0.2, 0.25) is 0 Å². The lowest BCUT2D eigenvalue weighted by Gasteiger charge is -2.14. The van der Waals surface area contributed by atoms with Crippen molar-refractivity contribution in [2.24, 2.45) is 0 Å². The van der Waals surface area contributed by atoms with Gasteiger partial charge < -0.3 is 5.11 Å². The van der Waals surface area contributed by atoms with Gasteiger partial charge in [-0.15, -0.1) is 0 Å². The van der Waals surface area contributed by atoms with E-state index in [9.17, 15) is 13.5 Å². The molecule has 0 saturated heterocycles. The Labute approximate surface area is 110 Å². The summed E-state index contributed by atoms with van der Waals surface area (Å²) in [4.78, 5) is 0. The van der Waals surface area contributed by atoms with Gasteiger partial charge in [-0.25, -0.2) is 8.42 Å². The molecule has 1 aromatic carbocycles. The highest BCUT2D eigenvalue weighted by Gasteiger charge is 2.16. The summed E-state index contributed by atoms with van der Waals surface area (Å²) >= 11 is 0. The molecule has 1 atom stereocenters. The highest BCUT2D eigenvalue weighted by molar-refractivity contribution is 7.91. The molecule has 4 heteroatoms. The highest BCUT2D eigenvalue weighted by atomic mass is 32.2.